The van der Waals surface area contributed by atoms with E-state index in [1.165, 1.54) is 12.1 Å². The molecule has 0 spiro atoms. The number of rotatable bonds is 2. The summed E-state index contributed by atoms with van der Waals surface area (Å²) in [5, 5.41) is 0. The third-order valence-electron chi connectivity index (χ3n) is 1.53. The number of hydrogen-bond acceptors (Lipinski definition) is 1. The molecule has 70 valence electrons. The van der Waals surface area contributed by atoms with Crippen LogP contribution >= 0.6 is 8.46 Å². The van der Waals surface area contributed by atoms with Crippen LogP contribution in [0.25, 0.3) is 0 Å². The molecule has 0 saturated carbocycles. The Labute approximate surface area is 74.8 Å². The summed E-state index contributed by atoms with van der Waals surface area (Å²) in [5.41, 5.74) is -0.0523. The first-order chi connectivity index (χ1) is 6.04. The van der Waals surface area contributed by atoms with Gasteiger partial charge in [-0.3, -0.25) is 4.57 Å². The molecule has 0 amide bonds. The van der Waals surface area contributed by atoms with Crippen molar-refractivity contribution < 1.29 is 17.7 Å². The van der Waals surface area contributed by atoms with Gasteiger partial charge in [-0.05, 0) is 17.7 Å². The van der Waals surface area contributed by atoms with E-state index >= 15 is 0 Å². The molecule has 0 fully saturated rings. The molecule has 0 unspecified atom stereocenters. The Hall–Kier alpha value is -0.890. The lowest BCUT2D eigenvalue weighted by atomic mass is 10.1. The van der Waals surface area contributed by atoms with Crippen LogP contribution in [0, 0.1) is 0 Å². The normalized spacial score (nSPS) is 11.9. The average Bonchev–Trinajstić information content (AvgIpc) is 2.04. The molecular weight excluding hydrogens is 200 g/mol. The molecule has 0 aliphatic heterocycles. The van der Waals surface area contributed by atoms with Gasteiger partial charge in [0.1, 0.15) is 0 Å². The number of halogens is 3. The Morgan fingerprint density at radius 3 is 2.08 bits per heavy atom. The second-order valence-corrected chi connectivity index (χ2v) is 3.06. The maximum absolute atomic E-state index is 12.0. The molecule has 0 aromatic heterocycles. The summed E-state index contributed by atoms with van der Waals surface area (Å²) in [6, 6.07) is 4.63. The van der Waals surface area contributed by atoms with E-state index in [9.17, 15) is 17.7 Å². The fraction of sp³-hybridized carbons (Fsp3) is 0.250. The zero-order chi connectivity index (χ0) is 9.90. The van der Waals surface area contributed by atoms with Crippen molar-refractivity contribution in [3.8, 4) is 0 Å². The molecule has 0 bridgehead atoms. The van der Waals surface area contributed by atoms with Crippen molar-refractivity contribution in [1.82, 2.24) is 0 Å². The molecule has 1 nitrogen and oxygen atoms in total. The quantitative estimate of drug-likeness (QED) is 0.676. The van der Waals surface area contributed by atoms with E-state index in [-0.39, 0.29) is 14.6 Å². The Morgan fingerprint density at radius 1 is 1.15 bits per heavy atom. The van der Waals surface area contributed by atoms with Gasteiger partial charge in [0.05, 0.1) is 11.7 Å². The van der Waals surface area contributed by atoms with Crippen molar-refractivity contribution in [2.75, 3.05) is 0 Å². The largest absolute Gasteiger partial charge is 0.416 e. The predicted octanol–water partition coefficient (Wildman–Crippen LogP) is 3.50. The number of hydrogen-bond donors (Lipinski definition) is 0. The van der Waals surface area contributed by atoms with E-state index < -0.39 is 11.7 Å². The lowest BCUT2D eigenvalue weighted by molar-refractivity contribution is -0.137. The average molecular weight is 206 g/mol. The minimum atomic E-state index is -4.30. The van der Waals surface area contributed by atoms with Crippen LogP contribution in [0.15, 0.2) is 24.3 Å². The topological polar surface area (TPSA) is 17.1 Å². The fourth-order valence-electron chi connectivity index (χ4n) is 0.874. The monoisotopic (exact) mass is 206 g/mol. The minimum absolute atomic E-state index is 0.0879. The second kappa shape index (κ2) is 3.88. The van der Waals surface area contributed by atoms with Crippen molar-refractivity contribution in [3.05, 3.63) is 35.4 Å². The van der Waals surface area contributed by atoms with Crippen LogP contribution < -0.4 is 0 Å². The highest BCUT2D eigenvalue weighted by Crippen LogP contribution is 2.29. The SMILES string of the molecule is O=PCc1ccc(C(F)(F)F)cc1. The van der Waals surface area contributed by atoms with Gasteiger partial charge in [0.2, 0.25) is 0 Å². The Bertz CT molecular complexity index is 291. The van der Waals surface area contributed by atoms with Crippen molar-refractivity contribution in [2.24, 2.45) is 0 Å². The summed E-state index contributed by atoms with van der Waals surface area (Å²) in [6.45, 7) is 0. The van der Waals surface area contributed by atoms with E-state index in [2.05, 4.69) is 0 Å². The van der Waals surface area contributed by atoms with Crippen LogP contribution in [0.1, 0.15) is 11.1 Å². The van der Waals surface area contributed by atoms with Gasteiger partial charge in [-0.1, -0.05) is 12.1 Å². The molecule has 1 aromatic rings. The maximum atomic E-state index is 12.0. The van der Waals surface area contributed by atoms with Gasteiger partial charge in [-0.15, -0.1) is 0 Å². The third-order valence-corrected chi connectivity index (χ3v) is 2.02. The molecule has 0 aliphatic rings. The minimum Gasteiger partial charge on any atom is -0.275 e. The van der Waals surface area contributed by atoms with Crippen molar-refractivity contribution in [3.63, 3.8) is 0 Å². The van der Waals surface area contributed by atoms with Crippen LogP contribution in [0.4, 0.5) is 13.2 Å². The molecule has 0 aliphatic carbocycles. The summed E-state index contributed by atoms with van der Waals surface area (Å²) < 4.78 is 46.3. The van der Waals surface area contributed by atoms with Crippen LogP contribution in [0.5, 0.6) is 0 Å². The lowest BCUT2D eigenvalue weighted by Gasteiger charge is -2.05. The molecule has 1 aromatic carbocycles. The fourth-order valence-corrected chi connectivity index (χ4v) is 1.23. The summed E-state index contributed by atoms with van der Waals surface area (Å²) in [7, 11) is -0.0879. The van der Waals surface area contributed by atoms with Crippen molar-refractivity contribution in [2.45, 2.75) is 12.3 Å². The summed E-state index contributed by atoms with van der Waals surface area (Å²) in [6.07, 6.45) is -4.05. The van der Waals surface area contributed by atoms with Gasteiger partial charge in [0.25, 0.3) is 0 Å². The molecule has 13 heavy (non-hydrogen) atoms. The van der Waals surface area contributed by atoms with E-state index in [1.807, 2.05) is 0 Å². The smallest absolute Gasteiger partial charge is 0.275 e. The first-order valence-corrected chi connectivity index (χ1v) is 4.49. The van der Waals surface area contributed by atoms with Crippen LogP contribution in [-0.4, -0.2) is 0 Å². The Kier molecular flexibility index (Phi) is 3.04. The summed E-state index contributed by atoms with van der Waals surface area (Å²) in [5.74, 6) is 0. The Morgan fingerprint density at radius 2 is 1.69 bits per heavy atom. The highest BCUT2D eigenvalue weighted by atomic mass is 31.1. The van der Waals surface area contributed by atoms with Gasteiger partial charge in [-0.2, -0.15) is 13.2 Å². The first kappa shape index (κ1) is 10.2. The zero-order valence-corrected chi connectivity index (χ0v) is 7.40. The van der Waals surface area contributed by atoms with Crippen LogP contribution in [0.3, 0.4) is 0 Å². The molecule has 0 atom stereocenters. The molecule has 0 radical (unpaired) electrons. The van der Waals surface area contributed by atoms with Crippen molar-refractivity contribution in [1.29, 1.82) is 0 Å². The van der Waals surface area contributed by atoms with E-state index in [1.54, 1.807) is 0 Å². The summed E-state index contributed by atoms with van der Waals surface area (Å²) in [4.78, 5) is 0. The van der Waals surface area contributed by atoms with Crippen LogP contribution in [-0.2, 0) is 16.9 Å². The maximum Gasteiger partial charge on any atom is 0.416 e. The molecule has 0 heterocycles. The van der Waals surface area contributed by atoms with Gasteiger partial charge in [0.15, 0.2) is 8.46 Å². The molecule has 1 rings (SSSR count). The van der Waals surface area contributed by atoms with Gasteiger partial charge >= 0.3 is 6.18 Å². The lowest BCUT2D eigenvalue weighted by Crippen LogP contribution is -2.04. The van der Waals surface area contributed by atoms with E-state index in [4.69, 9.17) is 0 Å². The number of benzene rings is 1. The predicted molar refractivity (Wildman–Crippen MR) is 42.8 cm³/mol. The molecule has 0 saturated heterocycles. The van der Waals surface area contributed by atoms with E-state index in [0.29, 0.717) is 5.56 Å². The highest BCUT2D eigenvalue weighted by molar-refractivity contribution is 7.22. The van der Waals surface area contributed by atoms with Gasteiger partial charge < -0.3 is 0 Å². The third kappa shape index (κ3) is 2.81. The molecule has 5 heteroatoms. The second-order valence-electron chi connectivity index (χ2n) is 2.48. The van der Waals surface area contributed by atoms with Crippen LogP contribution in [0.2, 0.25) is 0 Å². The van der Waals surface area contributed by atoms with Crippen molar-refractivity contribution >= 4 is 8.46 Å². The zero-order valence-electron chi connectivity index (χ0n) is 6.51. The summed E-state index contributed by atoms with van der Waals surface area (Å²) >= 11 is 0. The standard InChI is InChI=1S/C8H6F3OP/c9-8(10,11)7-3-1-6(2-4-7)5-13-12/h1-4H,5H2. The van der Waals surface area contributed by atoms with Gasteiger partial charge in [0, 0.05) is 0 Å². The molecular formula is C8H6F3OP. The molecule has 0 N–H and O–H groups in total. The number of alkyl halides is 3. The first-order valence-electron chi connectivity index (χ1n) is 3.49. The van der Waals surface area contributed by atoms with Gasteiger partial charge in [-0.25, -0.2) is 0 Å². The van der Waals surface area contributed by atoms with E-state index in [0.717, 1.165) is 12.1 Å². The Balaban J connectivity index is 2.87. The highest BCUT2D eigenvalue weighted by Gasteiger charge is 2.29.